The minimum Gasteiger partial charge on any atom is -0.494 e. The van der Waals surface area contributed by atoms with E-state index in [9.17, 15) is 0 Å². The first-order valence-electron chi connectivity index (χ1n) is 10.7. The Morgan fingerprint density at radius 1 is 1.03 bits per heavy atom. The number of nitrogens with zero attached hydrogens (tertiary/aromatic N) is 2. The van der Waals surface area contributed by atoms with Gasteiger partial charge >= 0.3 is 0 Å². The zero-order valence-corrected chi connectivity index (χ0v) is 18.4. The number of hydrogen-bond donors (Lipinski definition) is 2. The van der Waals surface area contributed by atoms with Crippen molar-refractivity contribution in [2.75, 3.05) is 40.0 Å². The minimum atomic E-state index is 0.658. The van der Waals surface area contributed by atoms with Crippen molar-refractivity contribution in [2.24, 2.45) is 4.99 Å². The van der Waals surface area contributed by atoms with Crippen LogP contribution in [0.3, 0.4) is 0 Å². The van der Waals surface area contributed by atoms with Gasteiger partial charge in [-0.2, -0.15) is 0 Å². The van der Waals surface area contributed by atoms with Crippen molar-refractivity contribution in [3.8, 4) is 5.75 Å². The molecule has 0 amide bonds. The average molecular weight is 411 g/mol. The fraction of sp³-hybridized carbons (Fsp3) is 0.458. The molecule has 3 rings (SSSR count). The van der Waals surface area contributed by atoms with Crippen LogP contribution in [0.1, 0.15) is 29.2 Å². The Hall–Kier alpha value is -2.57. The van der Waals surface area contributed by atoms with Gasteiger partial charge in [0.05, 0.1) is 19.8 Å². The maximum absolute atomic E-state index is 5.77. The molecule has 1 heterocycles. The average Bonchev–Trinajstić information content (AvgIpc) is 2.77. The van der Waals surface area contributed by atoms with Gasteiger partial charge in [0.2, 0.25) is 0 Å². The molecule has 0 aliphatic carbocycles. The summed E-state index contributed by atoms with van der Waals surface area (Å²) in [6, 6.07) is 15.1. The molecule has 2 aromatic carbocycles. The monoisotopic (exact) mass is 410 g/mol. The summed E-state index contributed by atoms with van der Waals surface area (Å²) in [7, 11) is 1.79. The van der Waals surface area contributed by atoms with Gasteiger partial charge in [-0.15, -0.1) is 0 Å². The summed E-state index contributed by atoms with van der Waals surface area (Å²) >= 11 is 0. The molecular formula is C24H34N4O2. The fourth-order valence-corrected chi connectivity index (χ4v) is 3.46. The molecule has 6 heteroatoms. The van der Waals surface area contributed by atoms with E-state index in [1.54, 1.807) is 7.05 Å². The molecule has 1 saturated heterocycles. The molecule has 30 heavy (non-hydrogen) atoms. The molecule has 0 saturated carbocycles. The first kappa shape index (κ1) is 22.1. The van der Waals surface area contributed by atoms with Crippen molar-refractivity contribution in [3.05, 3.63) is 64.7 Å². The predicted molar refractivity (Wildman–Crippen MR) is 122 cm³/mol. The third kappa shape index (κ3) is 6.75. The largest absolute Gasteiger partial charge is 0.494 e. The van der Waals surface area contributed by atoms with Gasteiger partial charge in [-0.1, -0.05) is 36.4 Å². The number of rotatable bonds is 8. The third-order valence-corrected chi connectivity index (χ3v) is 5.19. The zero-order valence-electron chi connectivity index (χ0n) is 18.4. The highest BCUT2D eigenvalue weighted by atomic mass is 16.5. The second-order valence-corrected chi connectivity index (χ2v) is 7.53. The topological polar surface area (TPSA) is 58.1 Å². The van der Waals surface area contributed by atoms with Crippen LogP contribution in [0.4, 0.5) is 0 Å². The van der Waals surface area contributed by atoms with E-state index in [1.165, 1.54) is 16.7 Å². The fourth-order valence-electron chi connectivity index (χ4n) is 3.46. The molecule has 2 aromatic rings. The lowest BCUT2D eigenvalue weighted by Gasteiger charge is -2.26. The maximum Gasteiger partial charge on any atom is 0.191 e. The van der Waals surface area contributed by atoms with Crippen LogP contribution in [-0.4, -0.2) is 50.8 Å². The first-order chi connectivity index (χ1) is 14.7. The molecule has 6 nitrogen and oxygen atoms in total. The van der Waals surface area contributed by atoms with Gasteiger partial charge in [0, 0.05) is 45.3 Å². The van der Waals surface area contributed by atoms with Crippen LogP contribution in [-0.2, 0) is 24.4 Å². The summed E-state index contributed by atoms with van der Waals surface area (Å²) in [5, 5.41) is 6.77. The summed E-state index contributed by atoms with van der Waals surface area (Å²) in [6.45, 7) is 10.8. The Morgan fingerprint density at radius 2 is 1.73 bits per heavy atom. The van der Waals surface area contributed by atoms with E-state index in [0.717, 1.165) is 56.7 Å². The molecule has 1 aliphatic rings. The van der Waals surface area contributed by atoms with E-state index in [2.05, 4.69) is 69.9 Å². The molecule has 0 bridgehead atoms. The number of morpholine rings is 1. The highest BCUT2D eigenvalue weighted by Gasteiger charge is 2.10. The van der Waals surface area contributed by atoms with Crippen molar-refractivity contribution in [2.45, 2.75) is 33.5 Å². The number of aliphatic imine (C=N–C) groups is 1. The lowest BCUT2D eigenvalue weighted by atomic mass is 10.1. The highest BCUT2D eigenvalue weighted by molar-refractivity contribution is 5.79. The Kier molecular flexibility index (Phi) is 8.53. The molecule has 0 atom stereocenters. The number of nitrogens with one attached hydrogen (secondary N) is 2. The van der Waals surface area contributed by atoms with Crippen molar-refractivity contribution in [1.82, 2.24) is 15.5 Å². The molecule has 0 aromatic heterocycles. The van der Waals surface area contributed by atoms with Gasteiger partial charge in [-0.05, 0) is 36.6 Å². The second-order valence-electron chi connectivity index (χ2n) is 7.53. The molecule has 162 valence electrons. The Labute approximate surface area is 180 Å². The highest BCUT2D eigenvalue weighted by Crippen LogP contribution is 2.20. The second kappa shape index (κ2) is 11.6. The van der Waals surface area contributed by atoms with Gasteiger partial charge in [0.1, 0.15) is 5.75 Å². The number of aryl methyl sites for hydroxylation is 1. The van der Waals surface area contributed by atoms with Crippen LogP contribution in [0.15, 0.2) is 47.5 Å². The maximum atomic E-state index is 5.77. The Balaban J connectivity index is 1.48. The van der Waals surface area contributed by atoms with E-state index < -0.39 is 0 Å². The van der Waals surface area contributed by atoms with Crippen LogP contribution in [0, 0.1) is 6.92 Å². The van der Waals surface area contributed by atoms with Gasteiger partial charge in [-0.3, -0.25) is 9.89 Å². The van der Waals surface area contributed by atoms with Crippen LogP contribution in [0.5, 0.6) is 5.75 Å². The van der Waals surface area contributed by atoms with Gasteiger partial charge in [0.25, 0.3) is 0 Å². The Morgan fingerprint density at radius 3 is 2.43 bits per heavy atom. The molecule has 0 unspecified atom stereocenters. The molecule has 2 N–H and O–H groups in total. The van der Waals surface area contributed by atoms with Gasteiger partial charge in [-0.25, -0.2) is 0 Å². The van der Waals surface area contributed by atoms with Crippen LogP contribution >= 0.6 is 0 Å². The molecule has 1 aliphatic heterocycles. The number of benzene rings is 2. The summed E-state index contributed by atoms with van der Waals surface area (Å²) < 4.78 is 11.2. The Bertz CT molecular complexity index is 814. The quantitative estimate of drug-likeness (QED) is 0.517. The van der Waals surface area contributed by atoms with Crippen LogP contribution in [0.2, 0.25) is 0 Å². The van der Waals surface area contributed by atoms with E-state index in [1.807, 2.05) is 6.92 Å². The predicted octanol–water partition coefficient (Wildman–Crippen LogP) is 3.09. The number of hydrogen-bond acceptors (Lipinski definition) is 4. The van der Waals surface area contributed by atoms with Gasteiger partial charge < -0.3 is 20.1 Å². The van der Waals surface area contributed by atoms with E-state index in [4.69, 9.17) is 9.47 Å². The first-order valence-corrected chi connectivity index (χ1v) is 10.7. The molecular weight excluding hydrogens is 376 g/mol. The summed E-state index contributed by atoms with van der Waals surface area (Å²) in [5.74, 6) is 1.70. The zero-order chi connectivity index (χ0) is 21.2. The van der Waals surface area contributed by atoms with E-state index in [0.29, 0.717) is 13.2 Å². The standard InChI is InChI=1S/C24H34N4O2/c1-4-30-23-15-19(2)5-10-22(23)17-27-24(25-3)26-16-20-6-8-21(9-7-20)18-28-11-13-29-14-12-28/h5-10,15H,4,11-14,16-18H2,1-3H3,(H2,25,26,27). The molecule has 1 fully saturated rings. The van der Waals surface area contributed by atoms with Gasteiger partial charge in [0.15, 0.2) is 5.96 Å². The third-order valence-electron chi connectivity index (χ3n) is 5.19. The number of ether oxygens (including phenoxy) is 2. The summed E-state index contributed by atoms with van der Waals surface area (Å²) in [4.78, 5) is 6.78. The smallest absolute Gasteiger partial charge is 0.191 e. The number of guanidine groups is 1. The lowest BCUT2D eigenvalue weighted by molar-refractivity contribution is 0.0342. The summed E-state index contributed by atoms with van der Waals surface area (Å²) in [5.41, 5.74) is 4.89. The van der Waals surface area contributed by atoms with Crippen molar-refractivity contribution in [3.63, 3.8) is 0 Å². The van der Waals surface area contributed by atoms with Crippen molar-refractivity contribution >= 4 is 5.96 Å². The SMILES string of the molecule is CCOc1cc(C)ccc1CNC(=NC)NCc1ccc(CN2CCOCC2)cc1. The summed E-state index contributed by atoms with van der Waals surface area (Å²) in [6.07, 6.45) is 0. The molecule has 0 spiro atoms. The van der Waals surface area contributed by atoms with E-state index in [-0.39, 0.29) is 0 Å². The lowest BCUT2D eigenvalue weighted by Crippen LogP contribution is -2.36. The minimum absolute atomic E-state index is 0.658. The van der Waals surface area contributed by atoms with Crippen molar-refractivity contribution < 1.29 is 9.47 Å². The van der Waals surface area contributed by atoms with Crippen LogP contribution < -0.4 is 15.4 Å². The van der Waals surface area contributed by atoms with Crippen LogP contribution in [0.25, 0.3) is 0 Å². The van der Waals surface area contributed by atoms with E-state index >= 15 is 0 Å². The molecule has 0 radical (unpaired) electrons. The van der Waals surface area contributed by atoms with Crippen molar-refractivity contribution in [1.29, 1.82) is 0 Å². The normalized spacial score (nSPS) is 15.1.